The monoisotopic (exact) mass is 1130 g/mol. The summed E-state index contributed by atoms with van der Waals surface area (Å²) in [5.41, 5.74) is 13.1. The van der Waals surface area contributed by atoms with E-state index in [1.807, 2.05) is 6.20 Å². The average Bonchev–Trinajstić information content (AvgIpc) is 3.92. The van der Waals surface area contributed by atoms with Crippen LogP contribution in [-0.4, -0.2) is 9.55 Å². The van der Waals surface area contributed by atoms with Crippen molar-refractivity contribution >= 4 is 33.2 Å². The van der Waals surface area contributed by atoms with Crippen molar-refractivity contribution in [2.45, 2.75) is 138 Å². The standard InChI is InChI=1S/C66H73N4O.Pt/c1-61(2,3)48-33-49(62(4,5)6)36-52(35-48)69-43-68(42-59(69)64(10,11)12)51-34-50(63(7,8)9)37-54(40-51)71-53-28-29-55-56-38-46(65(13,14)44-23-19-17-20-24-44)27-30-57(56)70(58(55)41-53)60-39-47(31-32-67-60)66(15,16)45-25-21-18-22-26-45;/h17-39,42-43H,1-16H3;/q-3;. The maximum Gasteiger partial charge on any atom is 0.135 e. The third-order valence-electron chi connectivity index (χ3n) is 14.7. The van der Waals surface area contributed by atoms with Gasteiger partial charge in [-0.1, -0.05) is 195 Å². The van der Waals surface area contributed by atoms with E-state index in [1.54, 1.807) is 0 Å². The minimum atomic E-state index is -0.257. The van der Waals surface area contributed by atoms with E-state index < -0.39 is 0 Å². The molecule has 0 N–H and O–H groups in total. The number of aromatic nitrogens is 2. The predicted octanol–water partition coefficient (Wildman–Crippen LogP) is 17.4. The van der Waals surface area contributed by atoms with E-state index in [-0.39, 0.29) is 53.6 Å². The average molecular weight is 1130 g/mol. The second kappa shape index (κ2) is 18.9. The number of nitrogens with zero attached hydrogens (tertiary/aromatic N) is 4. The maximum atomic E-state index is 6.97. The molecule has 2 aromatic heterocycles. The summed E-state index contributed by atoms with van der Waals surface area (Å²) in [5.74, 6) is 2.06. The van der Waals surface area contributed by atoms with Gasteiger partial charge in [-0.25, -0.2) is 4.98 Å². The number of anilines is 2. The van der Waals surface area contributed by atoms with Crippen LogP contribution < -0.4 is 14.5 Å². The summed E-state index contributed by atoms with van der Waals surface area (Å²) in [4.78, 5) is 9.67. The molecule has 1 aliphatic heterocycles. The number of pyridine rings is 1. The zero-order chi connectivity index (χ0) is 51.1. The van der Waals surface area contributed by atoms with Crippen LogP contribution in [0.5, 0.6) is 11.5 Å². The molecule has 0 saturated carbocycles. The number of ether oxygens (including phenoxy) is 1. The Kier molecular flexibility index (Phi) is 13.7. The topological polar surface area (TPSA) is 33.5 Å². The number of benzene rings is 6. The van der Waals surface area contributed by atoms with Gasteiger partial charge in [-0.2, -0.15) is 6.07 Å². The normalized spacial score (nSPS) is 14.0. The van der Waals surface area contributed by atoms with Crippen LogP contribution in [0.15, 0.2) is 152 Å². The van der Waals surface area contributed by atoms with Gasteiger partial charge in [0.2, 0.25) is 0 Å². The van der Waals surface area contributed by atoms with Gasteiger partial charge in [0.25, 0.3) is 0 Å². The number of fused-ring (bicyclic) bond motifs is 3. The molecule has 376 valence electrons. The van der Waals surface area contributed by atoms with Crippen molar-refractivity contribution in [1.82, 2.24) is 9.55 Å². The van der Waals surface area contributed by atoms with Crippen molar-refractivity contribution in [3.8, 4) is 17.3 Å². The maximum absolute atomic E-state index is 6.97. The van der Waals surface area contributed by atoms with Crippen LogP contribution in [0.25, 0.3) is 27.6 Å². The van der Waals surface area contributed by atoms with Crippen LogP contribution in [0.4, 0.5) is 11.4 Å². The Balaban J connectivity index is 0.00000693. The van der Waals surface area contributed by atoms with E-state index in [0.717, 1.165) is 44.6 Å². The van der Waals surface area contributed by atoms with Crippen molar-refractivity contribution in [1.29, 1.82) is 0 Å². The third kappa shape index (κ3) is 10.2. The van der Waals surface area contributed by atoms with Crippen molar-refractivity contribution in [2.75, 3.05) is 9.80 Å². The SMILES string of the molecule is CC(C)(C)C1=CN(c2[c-]c(Oc3[c-]c4c(cc3)c3cc(C(C)(C)c5ccccc5)ccc3n4-c3cc(C(C)(C)c4ccccc4)ccn3)cc(C(C)(C)C)c2)[CH-]N1c1cc(C(C)(C)C)cc(C(C)(C)C)c1.[Pt]. The fourth-order valence-corrected chi connectivity index (χ4v) is 9.78. The van der Waals surface area contributed by atoms with Gasteiger partial charge < -0.3 is 19.1 Å². The van der Waals surface area contributed by atoms with E-state index in [2.05, 4.69) is 284 Å². The summed E-state index contributed by atoms with van der Waals surface area (Å²) in [6, 6.07) is 56.0. The Morgan fingerprint density at radius 2 is 1.03 bits per heavy atom. The van der Waals surface area contributed by atoms with Crippen LogP contribution in [0.1, 0.15) is 150 Å². The zero-order valence-electron chi connectivity index (χ0n) is 45.4. The molecule has 0 atom stereocenters. The summed E-state index contributed by atoms with van der Waals surface area (Å²) in [6.07, 6.45) is 4.21. The van der Waals surface area contributed by atoms with E-state index in [4.69, 9.17) is 9.72 Å². The molecule has 3 heterocycles. The van der Waals surface area contributed by atoms with Gasteiger partial charge in [0, 0.05) is 71.9 Å². The van der Waals surface area contributed by atoms with Crippen LogP contribution in [0.3, 0.4) is 0 Å². The number of hydrogen-bond acceptors (Lipinski definition) is 4. The molecule has 6 aromatic carbocycles. The first-order valence-electron chi connectivity index (χ1n) is 25.4. The molecule has 5 nitrogen and oxygen atoms in total. The van der Waals surface area contributed by atoms with Crippen LogP contribution in [0, 0.1) is 24.2 Å². The van der Waals surface area contributed by atoms with Gasteiger partial charge in [-0.15, -0.1) is 53.6 Å². The predicted molar refractivity (Wildman–Crippen MR) is 299 cm³/mol. The fraction of sp³-hybridized carbons (Fsp3) is 0.333. The molecule has 0 amide bonds. The molecule has 6 heteroatoms. The molecule has 0 aliphatic carbocycles. The van der Waals surface area contributed by atoms with Gasteiger partial charge in [0.15, 0.2) is 0 Å². The molecular formula is C66H73N4OPt-3. The first-order chi connectivity index (χ1) is 33.2. The molecule has 0 radical (unpaired) electrons. The van der Waals surface area contributed by atoms with E-state index in [9.17, 15) is 0 Å². The molecule has 1 aliphatic rings. The largest absolute Gasteiger partial charge is 0.509 e. The second-order valence-electron chi connectivity index (χ2n) is 24.9. The molecule has 0 fully saturated rings. The Bertz CT molecular complexity index is 3260. The molecule has 9 rings (SSSR count). The quantitative estimate of drug-likeness (QED) is 0.135. The molecule has 0 spiro atoms. The van der Waals surface area contributed by atoms with E-state index in [1.165, 1.54) is 39.1 Å². The van der Waals surface area contributed by atoms with Crippen LogP contribution in [-0.2, 0) is 48.1 Å². The van der Waals surface area contributed by atoms with Gasteiger partial charge >= 0.3 is 0 Å². The van der Waals surface area contributed by atoms with Gasteiger partial charge in [0.1, 0.15) is 5.82 Å². The van der Waals surface area contributed by atoms with E-state index >= 15 is 0 Å². The molecular weight excluding hydrogens is 1060 g/mol. The first kappa shape index (κ1) is 52.4. The van der Waals surface area contributed by atoms with Gasteiger partial charge in [-0.05, 0) is 91.5 Å². The Morgan fingerprint density at radius 3 is 1.58 bits per heavy atom. The number of hydrogen-bond donors (Lipinski definition) is 0. The first-order valence-corrected chi connectivity index (χ1v) is 25.4. The summed E-state index contributed by atoms with van der Waals surface area (Å²) in [7, 11) is 0. The molecule has 0 unspecified atom stereocenters. The van der Waals surface area contributed by atoms with Crippen LogP contribution >= 0.6 is 0 Å². The second-order valence-corrected chi connectivity index (χ2v) is 24.9. The van der Waals surface area contributed by atoms with Gasteiger partial charge in [-0.3, -0.25) is 0 Å². The summed E-state index contributed by atoms with van der Waals surface area (Å²) in [6.45, 7) is 38.8. The minimum absolute atomic E-state index is 0. The fourth-order valence-electron chi connectivity index (χ4n) is 9.78. The van der Waals surface area contributed by atoms with Crippen molar-refractivity contribution in [2.24, 2.45) is 5.41 Å². The smallest absolute Gasteiger partial charge is 0.135 e. The summed E-state index contributed by atoms with van der Waals surface area (Å²) < 4.78 is 9.23. The van der Waals surface area contributed by atoms with Crippen molar-refractivity contribution in [3.05, 3.63) is 209 Å². The van der Waals surface area contributed by atoms with E-state index in [0.29, 0.717) is 11.5 Å². The van der Waals surface area contributed by atoms with Crippen molar-refractivity contribution < 1.29 is 25.8 Å². The number of allylic oxidation sites excluding steroid dienone is 1. The number of rotatable bonds is 9. The summed E-state index contributed by atoms with van der Waals surface area (Å²) in [5, 5.41) is 2.22. The van der Waals surface area contributed by atoms with Crippen LogP contribution in [0.2, 0.25) is 0 Å². The minimum Gasteiger partial charge on any atom is -0.509 e. The van der Waals surface area contributed by atoms with Crippen molar-refractivity contribution in [3.63, 3.8) is 0 Å². The Labute approximate surface area is 445 Å². The van der Waals surface area contributed by atoms with Gasteiger partial charge in [0.05, 0.1) is 0 Å². The zero-order valence-corrected chi connectivity index (χ0v) is 47.7. The summed E-state index contributed by atoms with van der Waals surface area (Å²) >= 11 is 0. The third-order valence-corrected chi connectivity index (χ3v) is 14.7. The Hall–Kier alpha value is -5.90. The molecule has 8 aromatic rings. The molecule has 0 bridgehead atoms. The Morgan fingerprint density at radius 1 is 0.472 bits per heavy atom. The molecule has 0 saturated heterocycles. The molecule has 72 heavy (non-hydrogen) atoms.